The van der Waals surface area contributed by atoms with E-state index in [0.29, 0.717) is 18.3 Å². The summed E-state index contributed by atoms with van der Waals surface area (Å²) in [5.74, 6) is 1.68. The van der Waals surface area contributed by atoms with Gasteiger partial charge in [0.05, 0.1) is 6.61 Å². The molecule has 1 unspecified atom stereocenters. The highest BCUT2D eigenvalue weighted by atomic mass is 16.5. The molecule has 26 heavy (non-hydrogen) atoms. The van der Waals surface area contributed by atoms with Crippen molar-refractivity contribution in [1.29, 1.82) is 5.41 Å². The van der Waals surface area contributed by atoms with E-state index in [1.54, 1.807) is 0 Å². The van der Waals surface area contributed by atoms with Gasteiger partial charge in [-0.05, 0) is 44.8 Å². The van der Waals surface area contributed by atoms with Crippen LogP contribution < -0.4 is 10.6 Å². The van der Waals surface area contributed by atoms with E-state index in [-0.39, 0.29) is 6.04 Å². The normalized spacial score (nSPS) is 21.5. The van der Waals surface area contributed by atoms with Crippen LogP contribution in [0.2, 0.25) is 0 Å². The molecule has 2 aromatic rings. The third-order valence-corrected chi connectivity index (χ3v) is 5.12. The molecule has 0 radical (unpaired) electrons. The molecule has 1 aromatic heterocycles. The van der Waals surface area contributed by atoms with Crippen LogP contribution in [0.4, 0.5) is 5.69 Å². The highest BCUT2D eigenvalue weighted by Gasteiger charge is 2.22. The molecule has 2 aliphatic rings. The van der Waals surface area contributed by atoms with Crippen molar-refractivity contribution in [2.75, 3.05) is 31.6 Å². The number of nitrogens with one attached hydrogen (secondary N) is 3. The van der Waals surface area contributed by atoms with Gasteiger partial charge in [-0.1, -0.05) is 17.3 Å². The summed E-state index contributed by atoms with van der Waals surface area (Å²) in [7, 11) is 0. The Morgan fingerprint density at radius 3 is 2.88 bits per heavy atom. The van der Waals surface area contributed by atoms with E-state index in [2.05, 4.69) is 20.8 Å². The van der Waals surface area contributed by atoms with Crippen molar-refractivity contribution >= 4 is 11.9 Å². The lowest BCUT2D eigenvalue weighted by Crippen LogP contribution is -2.30. The molecule has 7 nitrogen and oxygen atoms in total. The Kier molecular flexibility index (Phi) is 5.26. The van der Waals surface area contributed by atoms with Crippen molar-refractivity contribution in [3.63, 3.8) is 0 Å². The number of aromatic nitrogens is 2. The molecule has 0 spiro atoms. The molecule has 0 aliphatic carbocycles. The van der Waals surface area contributed by atoms with Crippen LogP contribution in [0.25, 0.3) is 11.4 Å². The Hall–Kier alpha value is -2.25. The summed E-state index contributed by atoms with van der Waals surface area (Å²) in [6.45, 7) is 3.52. The van der Waals surface area contributed by atoms with Gasteiger partial charge < -0.3 is 25.3 Å². The summed E-state index contributed by atoms with van der Waals surface area (Å²) in [6.07, 6.45) is 5.56. The lowest BCUT2D eigenvalue weighted by atomic mass is 9.98. The Morgan fingerprint density at radius 2 is 2.12 bits per heavy atom. The second-order valence-electron chi connectivity index (χ2n) is 6.99. The number of benzene rings is 1. The minimum Gasteiger partial charge on any atom is -0.379 e. The van der Waals surface area contributed by atoms with Crippen LogP contribution >= 0.6 is 0 Å². The smallest absolute Gasteiger partial charge is 0.230 e. The molecule has 0 amide bonds. The fourth-order valence-electron chi connectivity index (χ4n) is 3.61. The lowest BCUT2D eigenvalue weighted by molar-refractivity contribution is 0.0876. The van der Waals surface area contributed by atoms with E-state index in [1.807, 2.05) is 18.2 Å². The van der Waals surface area contributed by atoms with E-state index < -0.39 is 0 Å². The number of ether oxygens (including phenoxy) is 1. The van der Waals surface area contributed by atoms with Crippen molar-refractivity contribution in [2.24, 2.45) is 0 Å². The summed E-state index contributed by atoms with van der Waals surface area (Å²) in [5, 5.41) is 18.7. The van der Waals surface area contributed by atoms with E-state index in [1.165, 1.54) is 6.21 Å². The molecule has 0 bridgehead atoms. The fraction of sp³-hybridized carbons (Fsp3) is 0.526. The monoisotopic (exact) mass is 355 g/mol. The maximum Gasteiger partial charge on any atom is 0.230 e. The first-order valence-corrected chi connectivity index (χ1v) is 9.37. The minimum absolute atomic E-state index is 0.272. The number of nitrogens with zero attached hydrogens (tertiary/aromatic N) is 2. The maximum atomic E-state index is 7.66. The molecule has 3 N–H and O–H groups in total. The Balaban J connectivity index is 1.55. The van der Waals surface area contributed by atoms with Gasteiger partial charge in [0.15, 0.2) is 0 Å². The van der Waals surface area contributed by atoms with Crippen LogP contribution in [0, 0.1) is 5.41 Å². The molecular formula is C19H25N5O2. The predicted molar refractivity (Wildman–Crippen MR) is 99.9 cm³/mol. The number of anilines is 1. The topological polar surface area (TPSA) is 96.1 Å². The maximum absolute atomic E-state index is 7.66. The third-order valence-electron chi connectivity index (χ3n) is 5.12. The SMILES string of the molecule is N=Cc1ccc(-c2noc(C3CCNCC3)n2)cc1NC1CCCOC1. The zero-order valence-electron chi connectivity index (χ0n) is 14.8. The average molecular weight is 355 g/mol. The van der Waals surface area contributed by atoms with Crippen molar-refractivity contribution in [2.45, 2.75) is 37.6 Å². The highest BCUT2D eigenvalue weighted by molar-refractivity contribution is 5.87. The largest absolute Gasteiger partial charge is 0.379 e. The summed E-state index contributed by atoms with van der Waals surface area (Å²) >= 11 is 0. The van der Waals surface area contributed by atoms with Gasteiger partial charge in [-0.3, -0.25) is 0 Å². The van der Waals surface area contributed by atoms with Crippen molar-refractivity contribution in [3.05, 3.63) is 29.7 Å². The van der Waals surface area contributed by atoms with Crippen LogP contribution in [0.3, 0.4) is 0 Å². The van der Waals surface area contributed by atoms with Gasteiger partial charge in [-0.15, -0.1) is 0 Å². The van der Waals surface area contributed by atoms with E-state index in [4.69, 9.17) is 14.7 Å². The van der Waals surface area contributed by atoms with Crippen molar-refractivity contribution < 1.29 is 9.26 Å². The van der Waals surface area contributed by atoms with E-state index >= 15 is 0 Å². The molecule has 3 heterocycles. The van der Waals surface area contributed by atoms with E-state index in [0.717, 1.165) is 68.1 Å². The molecule has 2 aliphatic heterocycles. The summed E-state index contributed by atoms with van der Waals surface area (Å²) < 4.78 is 11.1. The lowest BCUT2D eigenvalue weighted by Gasteiger charge is -2.25. The first-order valence-electron chi connectivity index (χ1n) is 9.37. The van der Waals surface area contributed by atoms with Gasteiger partial charge in [0, 0.05) is 41.6 Å². The second kappa shape index (κ2) is 7.97. The van der Waals surface area contributed by atoms with E-state index in [9.17, 15) is 0 Å². The van der Waals surface area contributed by atoms with Crippen LogP contribution in [0.15, 0.2) is 22.7 Å². The molecule has 0 saturated carbocycles. The molecule has 1 atom stereocenters. The van der Waals surface area contributed by atoms with Crippen LogP contribution in [-0.4, -0.2) is 48.7 Å². The molecule has 7 heteroatoms. The Labute approximate surface area is 153 Å². The molecule has 2 saturated heterocycles. The Bertz CT molecular complexity index is 748. The van der Waals surface area contributed by atoms with Crippen molar-refractivity contribution in [3.8, 4) is 11.4 Å². The first-order chi connectivity index (χ1) is 12.8. The molecule has 4 rings (SSSR count). The van der Waals surface area contributed by atoms with Crippen LogP contribution in [0.5, 0.6) is 0 Å². The zero-order chi connectivity index (χ0) is 17.8. The molecule has 2 fully saturated rings. The summed E-state index contributed by atoms with van der Waals surface area (Å²) in [4.78, 5) is 4.63. The van der Waals surface area contributed by atoms with Gasteiger partial charge >= 0.3 is 0 Å². The van der Waals surface area contributed by atoms with Gasteiger partial charge in [0.2, 0.25) is 11.7 Å². The third kappa shape index (κ3) is 3.78. The molecular weight excluding hydrogens is 330 g/mol. The number of hydrogen-bond donors (Lipinski definition) is 3. The summed E-state index contributed by atoms with van der Waals surface area (Å²) in [6, 6.07) is 6.15. The average Bonchev–Trinajstić information content (AvgIpc) is 3.20. The first kappa shape index (κ1) is 17.2. The standard InChI is InChI=1S/C19H25N5O2/c20-11-15-4-3-14(10-17(15)22-16-2-1-9-25-12-16)18-23-19(26-24-18)13-5-7-21-8-6-13/h3-4,10-11,13,16,20-22H,1-2,5-9,12H2. The minimum atomic E-state index is 0.272. The van der Waals surface area contributed by atoms with Crippen molar-refractivity contribution in [1.82, 2.24) is 15.5 Å². The number of rotatable bonds is 5. The Morgan fingerprint density at radius 1 is 1.23 bits per heavy atom. The predicted octanol–water partition coefficient (Wildman–Crippen LogP) is 2.79. The van der Waals surface area contributed by atoms with Gasteiger partial charge in [0.1, 0.15) is 0 Å². The zero-order valence-corrected chi connectivity index (χ0v) is 14.8. The highest BCUT2D eigenvalue weighted by Crippen LogP contribution is 2.28. The summed E-state index contributed by atoms with van der Waals surface area (Å²) in [5.41, 5.74) is 2.67. The van der Waals surface area contributed by atoms with Gasteiger partial charge in [-0.25, -0.2) is 0 Å². The second-order valence-corrected chi connectivity index (χ2v) is 6.99. The van der Waals surface area contributed by atoms with Gasteiger partial charge in [0.25, 0.3) is 0 Å². The van der Waals surface area contributed by atoms with Crippen LogP contribution in [-0.2, 0) is 4.74 Å². The molecule has 1 aromatic carbocycles. The van der Waals surface area contributed by atoms with Gasteiger partial charge in [-0.2, -0.15) is 4.98 Å². The molecule has 138 valence electrons. The fourth-order valence-corrected chi connectivity index (χ4v) is 3.61. The van der Waals surface area contributed by atoms with Crippen LogP contribution in [0.1, 0.15) is 43.1 Å². The number of hydrogen-bond acceptors (Lipinski definition) is 7. The number of piperidine rings is 1. The quantitative estimate of drug-likeness (QED) is 0.714.